The number of halogens is 1. The van der Waals surface area contributed by atoms with Crippen molar-refractivity contribution >= 4 is 34.9 Å². The lowest BCUT2D eigenvalue weighted by atomic mass is 9.69. The summed E-state index contributed by atoms with van der Waals surface area (Å²) in [5.41, 5.74) is 2.06. The van der Waals surface area contributed by atoms with Crippen LogP contribution in [0.4, 0.5) is 15.9 Å². The van der Waals surface area contributed by atoms with Crippen molar-refractivity contribution in [3.8, 4) is 0 Å². The van der Waals surface area contributed by atoms with Gasteiger partial charge in [0, 0.05) is 25.2 Å². The number of hydrogen-bond acceptors (Lipinski definition) is 8. The Morgan fingerprint density at radius 2 is 2.16 bits per heavy atom. The minimum absolute atomic E-state index is 0.0295. The molecule has 0 saturated carbocycles. The summed E-state index contributed by atoms with van der Waals surface area (Å²) in [6.45, 7) is 5.53. The van der Waals surface area contributed by atoms with Crippen LogP contribution in [0, 0.1) is 11.2 Å². The van der Waals surface area contributed by atoms with Gasteiger partial charge in [0.1, 0.15) is 6.67 Å². The van der Waals surface area contributed by atoms with Crippen molar-refractivity contribution in [3.05, 3.63) is 35.7 Å². The molecular weight excluding hydrogens is 413 g/mol. The van der Waals surface area contributed by atoms with Gasteiger partial charge in [-0.15, -0.1) is 0 Å². The number of nitrogens with zero attached hydrogens (tertiary/aromatic N) is 5. The Hall–Kier alpha value is -3.27. The van der Waals surface area contributed by atoms with Gasteiger partial charge < -0.3 is 24.5 Å². The first kappa shape index (κ1) is 19.4. The number of fused-ring (bicyclic) bond motifs is 5. The third kappa shape index (κ3) is 2.85. The summed E-state index contributed by atoms with van der Waals surface area (Å²) >= 11 is 0. The third-order valence-electron chi connectivity index (χ3n) is 6.60. The molecule has 0 bridgehead atoms. The van der Waals surface area contributed by atoms with E-state index in [-0.39, 0.29) is 29.7 Å². The maximum atomic E-state index is 15.9. The first-order chi connectivity index (χ1) is 15.6. The largest absolute Gasteiger partial charge is 0.372 e. The Morgan fingerprint density at radius 1 is 1.31 bits per heavy atom. The summed E-state index contributed by atoms with van der Waals surface area (Å²) in [5, 5.41) is 7.94. The average Bonchev–Trinajstić information content (AvgIpc) is 3.42. The van der Waals surface area contributed by atoms with E-state index in [0.29, 0.717) is 43.1 Å². The van der Waals surface area contributed by atoms with E-state index in [9.17, 15) is 0 Å². The van der Waals surface area contributed by atoms with Gasteiger partial charge in [-0.1, -0.05) is 5.16 Å². The molecule has 32 heavy (non-hydrogen) atoms. The molecular formula is C22H24FN7O2. The number of aliphatic imine (C=N–C) groups is 2. The number of nitrogens with one attached hydrogen (secondary N) is 2. The van der Waals surface area contributed by atoms with Crippen LogP contribution < -0.4 is 10.2 Å². The van der Waals surface area contributed by atoms with Crippen LogP contribution in [0.2, 0.25) is 0 Å². The summed E-state index contributed by atoms with van der Waals surface area (Å²) < 4.78 is 27.5. The highest BCUT2D eigenvalue weighted by molar-refractivity contribution is 5.97. The summed E-state index contributed by atoms with van der Waals surface area (Å²) in [4.78, 5) is 18.1. The molecule has 6 rings (SSSR count). The monoisotopic (exact) mass is 437 g/mol. The first-order valence-electron chi connectivity index (χ1n) is 10.8. The van der Waals surface area contributed by atoms with Crippen LogP contribution in [0.25, 0.3) is 11.0 Å². The summed E-state index contributed by atoms with van der Waals surface area (Å²) in [6.07, 6.45) is 7.73. The molecule has 0 radical (unpaired) electrons. The minimum atomic E-state index is -0.453. The fourth-order valence-corrected chi connectivity index (χ4v) is 5.48. The van der Waals surface area contributed by atoms with Gasteiger partial charge in [0.15, 0.2) is 11.6 Å². The Labute approximate surface area is 183 Å². The van der Waals surface area contributed by atoms with E-state index in [0.717, 1.165) is 11.3 Å². The molecule has 1 saturated heterocycles. The molecule has 10 heteroatoms. The Bertz CT molecular complexity index is 1210. The van der Waals surface area contributed by atoms with Gasteiger partial charge in [-0.25, -0.2) is 9.37 Å². The first-order valence-corrected chi connectivity index (χ1v) is 10.8. The Morgan fingerprint density at radius 3 is 2.94 bits per heavy atom. The van der Waals surface area contributed by atoms with E-state index in [2.05, 4.69) is 35.3 Å². The van der Waals surface area contributed by atoms with Crippen LogP contribution in [-0.4, -0.2) is 59.0 Å². The molecule has 3 aromatic rings. The normalized spacial score (nSPS) is 25.8. The van der Waals surface area contributed by atoms with E-state index >= 15 is 4.39 Å². The number of H-pyrrole nitrogens is 1. The number of aromatic nitrogens is 3. The molecule has 3 aliphatic rings. The molecule has 3 aliphatic heterocycles. The molecule has 1 aromatic carbocycles. The minimum Gasteiger partial charge on any atom is -0.372 e. The van der Waals surface area contributed by atoms with Gasteiger partial charge >= 0.3 is 0 Å². The number of anilines is 2. The van der Waals surface area contributed by atoms with Gasteiger partial charge in [-0.2, -0.15) is 0 Å². The number of rotatable bonds is 3. The number of benzene rings is 1. The quantitative estimate of drug-likeness (QED) is 0.653. The fourth-order valence-electron chi connectivity index (χ4n) is 5.48. The van der Waals surface area contributed by atoms with Gasteiger partial charge in [0.05, 0.1) is 53.3 Å². The van der Waals surface area contributed by atoms with Gasteiger partial charge in [0.2, 0.25) is 5.58 Å². The molecule has 3 atom stereocenters. The molecule has 0 amide bonds. The zero-order chi connectivity index (χ0) is 21.9. The van der Waals surface area contributed by atoms with Crippen molar-refractivity contribution in [1.82, 2.24) is 15.1 Å². The van der Waals surface area contributed by atoms with Crippen LogP contribution in [0.15, 0.2) is 33.1 Å². The van der Waals surface area contributed by atoms with Crippen LogP contribution in [-0.2, 0) is 17.7 Å². The predicted molar refractivity (Wildman–Crippen MR) is 119 cm³/mol. The second kappa shape index (κ2) is 7.13. The second-order valence-corrected chi connectivity index (χ2v) is 8.84. The second-order valence-electron chi connectivity index (χ2n) is 8.84. The lowest BCUT2D eigenvalue weighted by molar-refractivity contribution is -0.0432. The lowest BCUT2D eigenvalue weighted by Gasteiger charge is -2.54. The Kier molecular flexibility index (Phi) is 4.32. The zero-order valence-corrected chi connectivity index (χ0v) is 17.9. The molecule has 2 N–H and O–H groups in total. The fraction of sp³-hybridized carbons (Fsp3) is 0.455. The van der Waals surface area contributed by atoms with Crippen molar-refractivity contribution < 1.29 is 13.7 Å². The van der Waals surface area contributed by atoms with Crippen LogP contribution in [0.3, 0.4) is 0 Å². The molecule has 1 spiro atoms. The lowest BCUT2D eigenvalue weighted by Crippen LogP contribution is -2.65. The summed E-state index contributed by atoms with van der Waals surface area (Å²) in [7, 11) is 0. The zero-order valence-electron chi connectivity index (χ0n) is 17.9. The molecule has 1 fully saturated rings. The average molecular weight is 437 g/mol. The molecule has 0 aliphatic carbocycles. The van der Waals surface area contributed by atoms with Crippen molar-refractivity contribution in [2.24, 2.45) is 15.4 Å². The van der Waals surface area contributed by atoms with E-state index in [1.165, 1.54) is 0 Å². The Balaban J connectivity index is 1.47. The molecule has 2 aromatic heterocycles. The maximum Gasteiger partial charge on any atom is 0.206 e. The number of aromatic amines is 1. The predicted octanol–water partition coefficient (Wildman–Crippen LogP) is 2.94. The standard InChI is InChI=1S/C22H24FN7O2/c1-12-7-30-18-14(4-22(8-25-10-26-9-22)20(30)13(2)31-12)3-16-19(17(18)23)32-29-21(16)27-6-15-5-24-11-28-15/h3,5,8-9,11-13,20H,4,6-7,10H2,1-2H3,(H,24,28)(H,27,29)/t12-,13+,20-/m0/s1. The van der Waals surface area contributed by atoms with Crippen molar-refractivity contribution in [1.29, 1.82) is 0 Å². The topological polar surface area (TPSA) is 104 Å². The van der Waals surface area contributed by atoms with Crippen LogP contribution in [0.1, 0.15) is 25.1 Å². The highest BCUT2D eigenvalue weighted by Crippen LogP contribution is 2.47. The van der Waals surface area contributed by atoms with Crippen molar-refractivity contribution in [3.63, 3.8) is 0 Å². The van der Waals surface area contributed by atoms with Crippen LogP contribution in [0.5, 0.6) is 0 Å². The van der Waals surface area contributed by atoms with E-state index in [4.69, 9.17) is 9.26 Å². The number of ether oxygens (including phenoxy) is 1. The SMILES string of the molecule is C[C@H]1CN2c3c(cc4c(NCc5cnc[nH]5)noc4c3F)CC3(C=NCN=C3)[C@@H]2[C@@H](C)O1. The highest BCUT2D eigenvalue weighted by atomic mass is 19.1. The van der Waals surface area contributed by atoms with E-state index < -0.39 is 5.41 Å². The summed E-state index contributed by atoms with van der Waals surface area (Å²) in [5.74, 6) is 0.118. The number of morpholine rings is 1. The van der Waals surface area contributed by atoms with Gasteiger partial charge in [-0.05, 0) is 31.9 Å². The van der Waals surface area contributed by atoms with Gasteiger partial charge in [0.25, 0.3) is 0 Å². The maximum absolute atomic E-state index is 15.9. The van der Waals surface area contributed by atoms with Gasteiger partial charge in [-0.3, -0.25) is 9.98 Å². The van der Waals surface area contributed by atoms with Crippen LogP contribution >= 0.6 is 0 Å². The number of imidazole rings is 1. The van der Waals surface area contributed by atoms with Crippen molar-refractivity contribution in [2.45, 2.75) is 45.1 Å². The number of hydrogen-bond donors (Lipinski definition) is 2. The highest BCUT2D eigenvalue weighted by Gasteiger charge is 2.52. The van der Waals surface area contributed by atoms with E-state index in [1.807, 2.05) is 32.3 Å². The molecule has 0 unspecified atom stereocenters. The molecule has 5 heterocycles. The van der Waals surface area contributed by atoms with E-state index in [1.54, 1.807) is 12.5 Å². The smallest absolute Gasteiger partial charge is 0.206 e. The molecule has 166 valence electrons. The van der Waals surface area contributed by atoms with Crippen molar-refractivity contribution in [2.75, 3.05) is 23.4 Å². The third-order valence-corrected chi connectivity index (χ3v) is 6.60. The molecule has 9 nitrogen and oxygen atoms in total. The summed E-state index contributed by atoms with van der Waals surface area (Å²) in [6, 6.07) is 1.88.